The Hall–Kier alpha value is -1.44. The van der Waals surface area contributed by atoms with Crippen LogP contribution < -0.4 is 0 Å². The minimum absolute atomic E-state index is 0.0721. The minimum Gasteiger partial charge on any atom is -0.376 e. The van der Waals surface area contributed by atoms with Gasteiger partial charge in [-0.2, -0.15) is 4.31 Å². The number of likely N-dealkylation sites (N-methyl/N-ethyl adjacent to an activating group) is 1. The second-order valence-electron chi connectivity index (χ2n) is 6.62. The van der Waals surface area contributed by atoms with Crippen molar-refractivity contribution in [3.63, 3.8) is 0 Å². The molecule has 1 aliphatic rings. The zero-order valence-electron chi connectivity index (χ0n) is 15.4. The predicted octanol–water partition coefficient (Wildman–Crippen LogP) is 2.36. The summed E-state index contributed by atoms with van der Waals surface area (Å²) in [5.41, 5.74) is 0.387. The summed E-state index contributed by atoms with van der Waals surface area (Å²) in [6, 6.07) is 6.12. The van der Waals surface area contributed by atoms with E-state index in [9.17, 15) is 13.2 Å². The first kappa shape index (κ1) is 19.9. The molecule has 1 heterocycles. The van der Waals surface area contributed by atoms with Crippen LogP contribution in [-0.2, 0) is 14.8 Å². The fourth-order valence-electron chi connectivity index (χ4n) is 2.81. The van der Waals surface area contributed by atoms with E-state index in [4.69, 9.17) is 4.74 Å². The van der Waals surface area contributed by atoms with Gasteiger partial charge >= 0.3 is 0 Å². The summed E-state index contributed by atoms with van der Waals surface area (Å²) in [4.78, 5) is 14.7. The van der Waals surface area contributed by atoms with Gasteiger partial charge in [0.15, 0.2) is 0 Å². The van der Waals surface area contributed by atoms with Crippen molar-refractivity contribution in [1.82, 2.24) is 9.21 Å². The molecule has 25 heavy (non-hydrogen) atoms. The van der Waals surface area contributed by atoms with E-state index < -0.39 is 10.0 Å². The molecule has 140 valence electrons. The van der Waals surface area contributed by atoms with Crippen molar-refractivity contribution < 1.29 is 17.9 Å². The summed E-state index contributed by atoms with van der Waals surface area (Å²) in [5, 5.41) is 0. The molecule has 1 saturated heterocycles. The van der Waals surface area contributed by atoms with Crippen LogP contribution in [0.3, 0.4) is 0 Å². The molecule has 0 bridgehead atoms. The lowest BCUT2D eigenvalue weighted by Gasteiger charge is -2.25. The molecule has 0 saturated carbocycles. The SMILES string of the molecule is CCN(C[C@H]1CCCO1)C(=O)c1cccc(S(=O)(=O)N(C)C(C)C)c1. The third kappa shape index (κ3) is 4.59. The van der Waals surface area contributed by atoms with Gasteiger partial charge in [-0.15, -0.1) is 0 Å². The number of carbonyl (C=O) groups is 1. The fourth-order valence-corrected chi connectivity index (χ4v) is 4.22. The summed E-state index contributed by atoms with van der Waals surface area (Å²) >= 11 is 0. The van der Waals surface area contributed by atoms with E-state index in [-0.39, 0.29) is 22.9 Å². The quantitative estimate of drug-likeness (QED) is 0.741. The monoisotopic (exact) mass is 368 g/mol. The van der Waals surface area contributed by atoms with Crippen molar-refractivity contribution in [3.8, 4) is 0 Å². The van der Waals surface area contributed by atoms with Gasteiger partial charge in [-0.25, -0.2) is 8.42 Å². The smallest absolute Gasteiger partial charge is 0.253 e. The molecule has 0 spiro atoms. The van der Waals surface area contributed by atoms with Crippen LogP contribution in [-0.4, -0.2) is 62.4 Å². The van der Waals surface area contributed by atoms with E-state index in [1.165, 1.54) is 16.4 Å². The Morgan fingerprint density at radius 1 is 1.36 bits per heavy atom. The van der Waals surface area contributed by atoms with Crippen molar-refractivity contribution in [2.24, 2.45) is 0 Å². The molecule has 2 rings (SSSR count). The fraction of sp³-hybridized carbons (Fsp3) is 0.611. The first-order chi connectivity index (χ1) is 11.8. The highest BCUT2D eigenvalue weighted by Gasteiger charge is 2.26. The molecule has 0 N–H and O–H groups in total. The maximum Gasteiger partial charge on any atom is 0.253 e. The minimum atomic E-state index is -3.61. The first-order valence-corrected chi connectivity index (χ1v) is 10.2. The molecular weight excluding hydrogens is 340 g/mol. The topological polar surface area (TPSA) is 66.9 Å². The van der Waals surface area contributed by atoms with Crippen LogP contribution in [0.25, 0.3) is 0 Å². The van der Waals surface area contributed by atoms with Crippen molar-refractivity contribution in [1.29, 1.82) is 0 Å². The molecule has 1 aromatic rings. The zero-order chi connectivity index (χ0) is 18.6. The van der Waals surface area contributed by atoms with Crippen LogP contribution in [0.2, 0.25) is 0 Å². The molecule has 1 atom stereocenters. The lowest BCUT2D eigenvalue weighted by molar-refractivity contribution is 0.0539. The highest BCUT2D eigenvalue weighted by molar-refractivity contribution is 7.89. The Morgan fingerprint density at radius 3 is 2.64 bits per heavy atom. The molecule has 1 amide bonds. The highest BCUT2D eigenvalue weighted by Crippen LogP contribution is 2.20. The number of sulfonamides is 1. The molecule has 7 heteroatoms. The molecule has 0 unspecified atom stereocenters. The van der Waals surface area contributed by atoms with E-state index >= 15 is 0 Å². The first-order valence-electron chi connectivity index (χ1n) is 8.76. The summed E-state index contributed by atoms with van der Waals surface area (Å²) < 4.78 is 32.2. The third-order valence-corrected chi connectivity index (χ3v) is 6.63. The lowest BCUT2D eigenvalue weighted by Crippen LogP contribution is -2.37. The number of rotatable bonds is 7. The van der Waals surface area contributed by atoms with Crippen LogP contribution in [0.15, 0.2) is 29.2 Å². The Kier molecular flexibility index (Phi) is 6.59. The van der Waals surface area contributed by atoms with Crippen LogP contribution in [0.4, 0.5) is 0 Å². The molecule has 0 aromatic heterocycles. The van der Waals surface area contributed by atoms with Gasteiger partial charge in [0.2, 0.25) is 10.0 Å². The van der Waals surface area contributed by atoms with E-state index in [1.54, 1.807) is 24.1 Å². The van der Waals surface area contributed by atoms with E-state index in [0.29, 0.717) is 18.7 Å². The van der Waals surface area contributed by atoms with Crippen LogP contribution in [0.5, 0.6) is 0 Å². The van der Waals surface area contributed by atoms with Crippen molar-refractivity contribution in [2.45, 2.75) is 50.7 Å². The number of hydrogen-bond donors (Lipinski definition) is 0. The normalized spacial score (nSPS) is 18.1. The van der Waals surface area contributed by atoms with Crippen LogP contribution in [0, 0.1) is 0 Å². The number of nitrogens with zero attached hydrogens (tertiary/aromatic N) is 2. The van der Waals surface area contributed by atoms with Gasteiger partial charge in [-0.3, -0.25) is 4.79 Å². The van der Waals surface area contributed by atoms with Gasteiger partial charge in [0.1, 0.15) is 0 Å². The summed E-state index contributed by atoms with van der Waals surface area (Å²) in [6.45, 7) is 7.38. The van der Waals surface area contributed by atoms with Gasteiger partial charge in [-0.05, 0) is 51.8 Å². The Bertz CT molecular complexity index is 697. The van der Waals surface area contributed by atoms with E-state index in [1.807, 2.05) is 20.8 Å². The summed E-state index contributed by atoms with van der Waals surface area (Å²) in [6.07, 6.45) is 2.05. The second kappa shape index (κ2) is 8.29. The number of hydrogen-bond acceptors (Lipinski definition) is 4. The number of ether oxygens (including phenoxy) is 1. The number of benzene rings is 1. The zero-order valence-corrected chi connectivity index (χ0v) is 16.3. The third-order valence-electron chi connectivity index (χ3n) is 4.60. The summed E-state index contributed by atoms with van der Waals surface area (Å²) in [7, 11) is -2.07. The maximum absolute atomic E-state index is 12.8. The van der Waals surface area contributed by atoms with Crippen molar-refractivity contribution in [2.75, 3.05) is 26.7 Å². The van der Waals surface area contributed by atoms with Crippen molar-refractivity contribution in [3.05, 3.63) is 29.8 Å². The molecule has 1 aromatic carbocycles. The van der Waals surface area contributed by atoms with Crippen molar-refractivity contribution >= 4 is 15.9 Å². The average molecular weight is 368 g/mol. The average Bonchev–Trinajstić information content (AvgIpc) is 3.11. The van der Waals surface area contributed by atoms with Crippen LogP contribution in [0.1, 0.15) is 44.0 Å². The van der Waals surface area contributed by atoms with Crippen LogP contribution >= 0.6 is 0 Å². The molecule has 6 nitrogen and oxygen atoms in total. The van der Waals surface area contributed by atoms with Gasteiger partial charge in [-0.1, -0.05) is 6.07 Å². The molecular formula is C18H28N2O4S. The van der Waals surface area contributed by atoms with Gasteiger partial charge in [0.05, 0.1) is 11.0 Å². The van der Waals surface area contributed by atoms with Gasteiger partial charge < -0.3 is 9.64 Å². The molecule has 1 aliphatic heterocycles. The Balaban J connectivity index is 2.23. The Labute approximate surface area is 150 Å². The number of carbonyl (C=O) groups excluding carboxylic acids is 1. The largest absolute Gasteiger partial charge is 0.376 e. The molecule has 0 aliphatic carbocycles. The highest BCUT2D eigenvalue weighted by atomic mass is 32.2. The second-order valence-corrected chi connectivity index (χ2v) is 8.62. The molecule has 1 fully saturated rings. The van der Waals surface area contributed by atoms with Gasteiger partial charge in [0, 0.05) is 38.3 Å². The number of amides is 1. The Morgan fingerprint density at radius 2 is 2.08 bits per heavy atom. The van der Waals surface area contributed by atoms with Gasteiger partial charge in [0.25, 0.3) is 5.91 Å². The summed E-state index contributed by atoms with van der Waals surface area (Å²) in [5.74, 6) is -0.165. The maximum atomic E-state index is 12.8. The predicted molar refractivity (Wildman–Crippen MR) is 97.1 cm³/mol. The standard InChI is InChI=1S/C18H28N2O4S/c1-5-20(13-16-9-7-11-24-16)18(21)15-8-6-10-17(12-15)25(22,23)19(4)14(2)3/h6,8,10,12,14,16H,5,7,9,11,13H2,1-4H3/t16-/m1/s1. The van der Waals surface area contributed by atoms with E-state index in [0.717, 1.165) is 19.4 Å². The molecule has 0 radical (unpaired) electrons. The lowest BCUT2D eigenvalue weighted by atomic mass is 10.1. The van der Waals surface area contributed by atoms with E-state index in [2.05, 4.69) is 0 Å².